The average Bonchev–Trinajstić information content (AvgIpc) is 2.75. The highest BCUT2D eigenvalue weighted by Crippen LogP contribution is 2.24. The maximum absolute atomic E-state index is 13.2. The van der Waals surface area contributed by atoms with Gasteiger partial charge in [-0.25, -0.2) is 4.39 Å². The lowest BCUT2D eigenvalue weighted by atomic mass is 10.1. The maximum Gasteiger partial charge on any atom is 0.276 e. The van der Waals surface area contributed by atoms with Gasteiger partial charge in [0.05, 0.1) is 6.54 Å². The van der Waals surface area contributed by atoms with Crippen LogP contribution in [-0.2, 0) is 6.54 Å². The van der Waals surface area contributed by atoms with E-state index in [0.29, 0.717) is 18.0 Å². The third kappa shape index (κ3) is 6.19. The molecule has 2 amide bonds. The molecular formula is C24H33FN4O4. The summed E-state index contributed by atoms with van der Waals surface area (Å²) in [5, 5.41) is 16.5. The zero-order valence-electron chi connectivity index (χ0n) is 19.6. The Morgan fingerprint density at radius 2 is 2.03 bits per heavy atom. The second kappa shape index (κ2) is 11.6. The van der Waals surface area contributed by atoms with Crippen LogP contribution >= 0.6 is 0 Å². The van der Waals surface area contributed by atoms with Crippen LogP contribution in [0.15, 0.2) is 47.4 Å². The molecule has 0 aromatic carbocycles. The Hall–Kier alpha value is -3.20. The highest BCUT2D eigenvalue weighted by molar-refractivity contribution is 5.99. The molecule has 0 fully saturated rings. The minimum absolute atomic E-state index is 0.0297. The summed E-state index contributed by atoms with van der Waals surface area (Å²) < 4.78 is 13.9. The fraction of sp³-hybridized carbons (Fsp3) is 0.458. The SMILES string of the molecule is C=C/C=C(\C=C/CF)CNC(=O)c1cn2c(c(O)c1=O)C(=O)N(C(C)C)C(NCC(C)C)C2. The smallest absolute Gasteiger partial charge is 0.276 e. The van der Waals surface area contributed by atoms with Gasteiger partial charge in [-0.1, -0.05) is 44.7 Å². The summed E-state index contributed by atoms with van der Waals surface area (Å²) in [5.41, 5.74) is -0.750. The van der Waals surface area contributed by atoms with Crippen molar-refractivity contribution in [2.45, 2.75) is 46.4 Å². The third-order valence-electron chi connectivity index (χ3n) is 5.17. The molecule has 1 aromatic rings. The van der Waals surface area contributed by atoms with Crippen molar-refractivity contribution in [1.29, 1.82) is 0 Å². The Bertz CT molecular complexity index is 1010. The molecule has 1 atom stereocenters. The summed E-state index contributed by atoms with van der Waals surface area (Å²) in [6.45, 7) is 11.7. The molecule has 9 heteroatoms. The highest BCUT2D eigenvalue weighted by atomic mass is 19.1. The van der Waals surface area contributed by atoms with Crippen LogP contribution in [0.2, 0.25) is 0 Å². The minimum atomic E-state index is -0.919. The summed E-state index contributed by atoms with van der Waals surface area (Å²) in [7, 11) is 0. The summed E-state index contributed by atoms with van der Waals surface area (Å²) in [6.07, 6.45) is 6.84. The van der Waals surface area contributed by atoms with Gasteiger partial charge in [-0.05, 0) is 31.9 Å². The van der Waals surface area contributed by atoms with Gasteiger partial charge in [-0.3, -0.25) is 19.7 Å². The van der Waals surface area contributed by atoms with Crippen LogP contribution in [0, 0.1) is 5.92 Å². The van der Waals surface area contributed by atoms with Crippen molar-refractivity contribution in [2.75, 3.05) is 19.8 Å². The van der Waals surface area contributed by atoms with E-state index in [-0.39, 0.29) is 36.6 Å². The molecule has 8 nitrogen and oxygen atoms in total. The summed E-state index contributed by atoms with van der Waals surface area (Å²) >= 11 is 0. The molecule has 1 aliphatic heterocycles. The van der Waals surface area contributed by atoms with Gasteiger partial charge in [0.15, 0.2) is 11.4 Å². The van der Waals surface area contributed by atoms with Gasteiger partial charge in [0.25, 0.3) is 11.8 Å². The Labute approximate surface area is 193 Å². The number of pyridine rings is 1. The number of carbonyl (C=O) groups excluding carboxylic acids is 2. The number of hydrogen-bond donors (Lipinski definition) is 3. The molecule has 0 spiro atoms. The van der Waals surface area contributed by atoms with Crippen molar-refractivity contribution in [3.63, 3.8) is 0 Å². The molecule has 0 saturated heterocycles. The average molecular weight is 461 g/mol. The van der Waals surface area contributed by atoms with Crippen molar-refractivity contribution >= 4 is 11.8 Å². The largest absolute Gasteiger partial charge is 0.503 e. The normalized spacial score (nSPS) is 16.6. The van der Waals surface area contributed by atoms with E-state index < -0.39 is 29.7 Å². The topological polar surface area (TPSA) is 104 Å². The summed E-state index contributed by atoms with van der Waals surface area (Å²) in [4.78, 5) is 40.2. The third-order valence-corrected chi connectivity index (χ3v) is 5.17. The number of aromatic hydroxyl groups is 1. The number of rotatable bonds is 10. The van der Waals surface area contributed by atoms with Crippen LogP contribution in [0.1, 0.15) is 48.5 Å². The molecule has 2 rings (SSSR count). The lowest BCUT2D eigenvalue weighted by Gasteiger charge is -2.41. The van der Waals surface area contributed by atoms with Crippen molar-refractivity contribution in [2.24, 2.45) is 5.92 Å². The number of alkyl halides is 1. The van der Waals surface area contributed by atoms with Gasteiger partial charge in [-0.15, -0.1) is 0 Å². The van der Waals surface area contributed by atoms with Gasteiger partial charge in [0.2, 0.25) is 5.43 Å². The quantitative estimate of drug-likeness (QED) is 0.465. The van der Waals surface area contributed by atoms with Crippen LogP contribution in [0.3, 0.4) is 0 Å². The van der Waals surface area contributed by atoms with E-state index in [9.17, 15) is 23.9 Å². The lowest BCUT2D eigenvalue weighted by Crippen LogP contribution is -2.58. The zero-order valence-corrected chi connectivity index (χ0v) is 19.6. The van der Waals surface area contributed by atoms with Crippen molar-refractivity contribution in [3.8, 4) is 5.75 Å². The molecule has 33 heavy (non-hydrogen) atoms. The molecule has 0 saturated carbocycles. The lowest BCUT2D eigenvalue weighted by molar-refractivity contribution is 0.0437. The van der Waals surface area contributed by atoms with Crippen molar-refractivity contribution in [3.05, 3.63) is 64.1 Å². The zero-order chi connectivity index (χ0) is 24.7. The first-order chi connectivity index (χ1) is 15.6. The first kappa shape index (κ1) is 26.1. The van der Waals surface area contributed by atoms with Gasteiger partial charge in [-0.2, -0.15) is 0 Å². The van der Waals surface area contributed by atoms with Crippen molar-refractivity contribution in [1.82, 2.24) is 20.1 Å². The van der Waals surface area contributed by atoms with Crippen molar-refractivity contribution < 1.29 is 19.1 Å². The number of carbonyl (C=O) groups is 2. The number of halogens is 1. The fourth-order valence-corrected chi connectivity index (χ4v) is 3.65. The number of allylic oxidation sites excluding steroid dienone is 3. The molecule has 3 N–H and O–H groups in total. The van der Waals surface area contributed by atoms with E-state index in [4.69, 9.17) is 0 Å². The molecule has 1 unspecified atom stereocenters. The standard InChI is InChI=1S/C24H33FN4O4/c1-6-8-17(9-7-10-25)12-27-23(32)18-13-28-14-19(26-11-15(2)3)29(16(4)5)24(33)20(28)22(31)21(18)30/h6-9,13,15-16,19,26,31H,1,10-12,14H2,2-5H3,(H,27,32)/b9-7-,17-8+. The monoisotopic (exact) mass is 460 g/mol. The van der Waals surface area contributed by atoms with E-state index in [0.717, 1.165) is 0 Å². The summed E-state index contributed by atoms with van der Waals surface area (Å²) in [5.74, 6) is -1.59. The molecule has 180 valence electrons. The number of hydrogen-bond acceptors (Lipinski definition) is 5. The van der Waals surface area contributed by atoms with Crippen LogP contribution in [0.25, 0.3) is 0 Å². The van der Waals surface area contributed by atoms with E-state index in [1.807, 2.05) is 27.7 Å². The Balaban J connectivity index is 2.38. The van der Waals surface area contributed by atoms with Crippen LogP contribution in [0.4, 0.5) is 4.39 Å². The molecular weight excluding hydrogens is 427 g/mol. The number of nitrogens with zero attached hydrogens (tertiary/aromatic N) is 2. The Morgan fingerprint density at radius 3 is 2.61 bits per heavy atom. The van der Waals surface area contributed by atoms with Gasteiger partial charge in [0, 0.05) is 18.8 Å². The van der Waals surface area contributed by atoms with Crippen LogP contribution in [-0.4, -0.2) is 58.4 Å². The number of nitrogens with one attached hydrogen (secondary N) is 2. The molecule has 1 aromatic heterocycles. The minimum Gasteiger partial charge on any atom is -0.503 e. The predicted octanol–water partition coefficient (Wildman–Crippen LogP) is 2.36. The van der Waals surface area contributed by atoms with Crippen LogP contribution < -0.4 is 16.1 Å². The molecule has 2 heterocycles. The Kier molecular flexibility index (Phi) is 9.16. The van der Waals surface area contributed by atoms with E-state index in [1.165, 1.54) is 29.0 Å². The molecule has 0 bridgehead atoms. The maximum atomic E-state index is 13.2. The number of aromatic nitrogens is 1. The first-order valence-electron chi connectivity index (χ1n) is 11.0. The number of fused-ring (bicyclic) bond motifs is 1. The van der Waals surface area contributed by atoms with E-state index in [1.54, 1.807) is 11.0 Å². The summed E-state index contributed by atoms with van der Waals surface area (Å²) in [6, 6.07) is -0.166. The van der Waals surface area contributed by atoms with Gasteiger partial charge < -0.3 is 19.9 Å². The molecule has 1 aliphatic rings. The van der Waals surface area contributed by atoms with Gasteiger partial charge >= 0.3 is 0 Å². The van der Waals surface area contributed by atoms with E-state index in [2.05, 4.69) is 17.2 Å². The Morgan fingerprint density at radius 1 is 1.33 bits per heavy atom. The second-order valence-corrected chi connectivity index (χ2v) is 8.56. The van der Waals surface area contributed by atoms with E-state index >= 15 is 0 Å². The molecule has 0 aliphatic carbocycles. The second-order valence-electron chi connectivity index (χ2n) is 8.56. The van der Waals surface area contributed by atoms with Gasteiger partial charge in [0.1, 0.15) is 18.4 Å². The predicted molar refractivity (Wildman–Crippen MR) is 126 cm³/mol. The van der Waals surface area contributed by atoms with Crippen LogP contribution in [0.5, 0.6) is 5.75 Å². The number of amides is 2. The fourth-order valence-electron chi connectivity index (χ4n) is 3.65. The molecule has 0 radical (unpaired) electrons. The highest BCUT2D eigenvalue weighted by Gasteiger charge is 2.37. The first-order valence-corrected chi connectivity index (χ1v) is 11.0.